The average Bonchev–Trinajstić information content (AvgIpc) is 3.31. The van der Waals surface area contributed by atoms with E-state index in [0.717, 1.165) is 29.2 Å². The van der Waals surface area contributed by atoms with Crippen LogP contribution in [0.2, 0.25) is 0 Å². The molecule has 1 aromatic carbocycles. The van der Waals surface area contributed by atoms with E-state index in [1.807, 2.05) is 17.5 Å². The summed E-state index contributed by atoms with van der Waals surface area (Å²) in [5.41, 5.74) is 4.38. The van der Waals surface area contributed by atoms with Crippen molar-refractivity contribution in [2.24, 2.45) is 0 Å². The topological polar surface area (TPSA) is 67.2 Å². The molecule has 0 fully saturated rings. The van der Waals surface area contributed by atoms with Crippen LogP contribution in [0.3, 0.4) is 0 Å². The van der Waals surface area contributed by atoms with Crippen LogP contribution >= 0.6 is 11.3 Å². The molecule has 4 rings (SSSR count). The largest absolute Gasteiger partial charge is 0.472 e. The number of thiazole rings is 1. The molecule has 25 heavy (non-hydrogen) atoms. The highest BCUT2D eigenvalue weighted by Gasteiger charge is 2.19. The average molecular weight is 353 g/mol. The van der Waals surface area contributed by atoms with Crippen molar-refractivity contribution in [3.05, 3.63) is 65.1 Å². The first-order valence-corrected chi connectivity index (χ1v) is 9.22. The summed E-state index contributed by atoms with van der Waals surface area (Å²) in [7, 11) is 0. The number of carbonyl (C=O) groups excluding carboxylic acids is 1. The Balaban J connectivity index is 1.34. The SMILES string of the molecule is O=C(Cc1csc(-c2ccoc2)n1)NCC1NCCc2ccccc21. The molecule has 1 atom stereocenters. The van der Waals surface area contributed by atoms with Gasteiger partial charge in [-0.1, -0.05) is 24.3 Å². The fourth-order valence-electron chi connectivity index (χ4n) is 3.12. The predicted octanol–water partition coefficient (Wildman–Crippen LogP) is 2.95. The minimum atomic E-state index is -0.00565. The Morgan fingerprint density at radius 1 is 1.36 bits per heavy atom. The van der Waals surface area contributed by atoms with Gasteiger partial charge in [0.25, 0.3) is 0 Å². The molecule has 0 aliphatic carbocycles. The van der Waals surface area contributed by atoms with E-state index < -0.39 is 0 Å². The monoisotopic (exact) mass is 353 g/mol. The summed E-state index contributed by atoms with van der Waals surface area (Å²) < 4.78 is 5.07. The molecule has 6 heteroatoms. The summed E-state index contributed by atoms with van der Waals surface area (Å²) in [5.74, 6) is -0.00565. The molecule has 2 N–H and O–H groups in total. The number of carbonyl (C=O) groups is 1. The molecule has 128 valence electrons. The van der Waals surface area contributed by atoms with Gasteiger partial charge in [0.15, 0.2) is 0 Å². The van der Waals surface area contributed by atoms with E-state index in [1.54, 1.807) is 12.5 Å². The normalized spacial score (nSPS) is 16.4. The lowest BCUT2D eigenvalue weighted by Gasteiger charge is -2.27. The Morgan fingerprint density at radius 3 is 3.16 bits per heavy atom. The second-order valence-corrected chi connectivity index (χ2v) is 6.95. The minimum Gasteiger partial charge on any atom is -0.472 e. The summed E-state index contributed by atoms with van der Waals surface area (Å²) in [6.07, 6.45) is 4.62. The number of rotatable bonds is 5. The first kappa shape index (κ1) is 16.1. The third-order valence-corrected chi connectivity index (χ3v) is 5.32. The maximum absolute atomic E-state index is 12.3. The Labute approximate surface area is 150 Å². The Hall–Kier alpha value is -2.44. The predicted molar refractivity (Wildman–Crippen MR) is 97.4 cm³/mol. The molecule has 1 aliphatic heterocycles. The molecule has 1 amide bonds. The van der Waals surface area contributed by atoms with Gasteiger partial charge in [-0.15, -0.1) is 11.3 Å². The van der Waals surface area contributed by atoms with Gasteiger partial charge in [-0.2, -0.15) is 0 Å². The lowest BCUT2D eigenvalue weighted by atomic mass is 9.94. The van der Waals surface area contributed by atoms with E-state index in [4.69, 9.17) is 4.42 Å². The summed E-state index contributed by atoms with van der Waals surface area (Å²) in [6.45, 7) is 1.53. The lowest BCUT2D eigenvalue weighted by Crippen LogP contribution is -2.39. The Bertz CT molecular complexity index is 857. The molecular formula is C19H19N3O2S. The number of furan rings is 1. The minimum absolute atomic E-state index is 0.00565. The number of fused-ring (bicyclic) bond motifs is 1. The number of benzene rings is 1. The fraction of sp³-hybridized carbons (Fsp3) is 0.263. The first-order chi connectivity index (χ1) is 12.3. The third-order valence-electron chi connectivity index (χ3n) is 4.38. The van der Waals surface area contributed by atoms with E-state index in [-0.39, 0.29) is 11.9 Å². The van der Waals surface area contributed by atoms with Crippen LogP contribution < -0.4 is 10.6 Å². The van der Waals surface area contributed by atoms with Crippen LogP contribution in [-0.4, -0.2) is 24.0 Å². The molecule has 5 nitrogen and oxygen atoms in total. The molecule has 0 saturated heterocycles. The zero-order chi connectivity index (χ0) is 17.1. The maximum Gasteiger partial charge on any atom is 0.226 e. The van der Waals surface area contributed by atoms with Gasteiger partial charge in [0.2, 0.25) is 5.91 Å². The van der Waals surface area contributed by atoms with E-state index in [2.05, 4.69) is 33.8 Å². The van der Waals surface area contributed by atoms with E-state index >= 15 is 0 Å². The van der Waals surface area contributed by atoms with Crippen LogP contribution in [0, 0.1) is 0 Å². The number of hydrogen-bond donors (Lipinski definition) is 2. The van der Waals surface area contributed by atoms with Gasteiger partial charge in [0.1, 0.15) is 11.3 Å². The van der Waals surface area contributed by atoms with Gasteiger partial charge in [0, 0.05) is 23.5 Å². The molecule has 0 saturated carbocycles. The van der Waals surface area contributed by atoms with Gasteiger partial charge in [-0.3, -0.25) is 4.79 Å². The van der Waals surface area contributed by atoms with Crippen molar-refractivity contribution in [1.82, 2.24) is 15.6 Å². The molecule has 1 aliphatic rings. The van der Waals surface area contributed by atoms with Crippen molar-refractivity contribution in [3.63, 3.8) is 0 Å². The van der Waals surface area contributed by atoms with Gasteiger partial charge in [-0.25, -0.2) is 4.98 Å². The second-order valence-electron chi connectivity index (χ2n) is 6.09. The summed E-state index contributed by atoms with van der Waals surface area (Å²) >= 11 is 1.52. The van der Waals surface area contributed by atoms with Crippen molar-refractivity contribution in [3.8, 4) is 10.6 Å². The molecule has 2 aromatic heterocycles. The number of amides is 1. The van der Waals surface area contributed by atoms with Gasteiger partial charge in [-0.05, 0) is 30.2 Å². The standard InChI is InChI=1S/C19H19N3O2S/c23-18(9-15-12-25-19(22-15)14-6-8-24-11-14)21-10-17-16-4-2-1-3-13(16)5-7-20-17/h1-4,6,8,11-12,17,20H,5,7,9-10H2,(H,21,23). The number of aromatic nitrogens is 1. The van der Waals surface area contributed by atoms with Crippen LogP contribution in [0.25, 0.3) is 10.6 Å². The highest BCUT2D eigenvalue weighted by Crippen LogP contribution is 2.24. The lowest BCUT2D eigenvalue weighted by molar-refractivity contribution is -0.120. The van der Waals surface area contributed by atoms with Crippen molar-refractivity contribution in [1.29, 1.82) is 0 Å². The van der Waals surface area contributed by atoms with Crippen molar-refractivity contribution < 1.29 is 9.21 Å². The fourth-order valence-corrected chi connectivity index (χ4v) is 3.93. The molecular weight excluding hydrogens is 334 g/mol. The Kier molecular flexibility index (Phi) is 4.63. The molecule has 1 unspecified atom stereocenters. The molecule has 0 spiro atoms. The summed E-state index contributed by atoms with van der Waals surface area (Å²) in [4.78, 5) is 16.8. The van der Waals surface area contributed by atoms with Crippen LogP contribution in [0.5, 0.6) is 0 Å². The van der Waals surface area contributed by atoms with Crippen LogP contribution in [0.15, 0.2) is 52.7 Å². The van der Waals surface area contributed by atoms with Crippen LogP contribution in [0.4, 0.5) is 0 Å². The molecule has 3 heterocycles. The van der Waals surface area contributed by atoms with Gasteiger partial charge in [0.05, 0.1) is 18.4 Å². The van der Waals surface area contributed by atoms with Crippen molar-refractivity contribution >= 4 is 17.2 Å². The summed E-state index contributed by atoms with van der Waals surface area (Å²) in [6, 6.07) is 10.5. The number of nitrogens with one attached hydrogen (secondary N) is 2. The van der Waals surface area contributed by atoms with Crippen molar-refractivity contribution in [2.75, 3.05) is 13.1 Å². The van der Waals surface area contributed by atoms with Crippen LogP contribution in [-0.2, 0) is 17.6 Å². The number of nitrogens with zero attached hydrogens (tertiary/aromatic N) is 1. The number of hydrogen-bond acceptors (Lipinski definition) is 5. The molecule has 0 bridgehead atoms. The van der Waals surface area contributed by atoms with Gasteiger partial charge < -0.3 is 15.1 Å². The smallest absolute Gasteiger partial charge is 0.226 e. The summed E-state index contributed by atoms with van der Waals surface area (Å²) in [5, 5.41) is 9.31. The van der Waals surface area contributed by atoms with E-state index in [0.29, 0.717) is 13.0 Å². The highest BCUT2D eigenvalue weighted by atomic mass is 32.1. The van der Waals surface area contributed by atoms with E-state index in [9.17, 15) is 4.79 Å². The van der Waals surface area contributed by atoms with Crippen molar-refractivity contribution in [2.45, 2.75) is 18.9 Å². The molecule has 3 aromatic rings. The van der Waals surface area contributed by atoms with Gasteiger partial charge >= 0.3 is 0 Å². The van der Waals surface area contributed by atoms with Crippen LogP contribution in [0.1, 0.15) is 22.9 Å². The first-order valence-electron chi connectivity index (χ1n) is 8.34. The maximum atomic E-state index is 12.3. The second kappa shape index (κ2) is 7.21. The zero-order valence-corrected chi connectivity index (χ0v) is 14.5. The zero-order valence-electron chi connectivity index (χ0n) is 13.7. The Morgan fingerprint density at radius 2 is 2.28 bits per heavy atom. The molecule has 0 radical (unpaired) electrons. The third kappa shape index (κ3) is 3.65. The van der Waals surface area contributed by atoms with E-state index in [1.165, 1.54) is 22.5 Å². The highest BCUT2D eigenvalue weighted by molar-refractivity contribution is 7.13. The quantitative estimate of drug-likeness (QED) is 0.740.